The number of benzene rings is 1. The SMILES string of the molecule is C[C@H](NC(=O)c1ccc(O)cc1O)C12CC3CC(CC(C3)C1)C2. The summed E-state index contributed by atoms with van der Waals surface area (Å²) in [5.41, 5.74) is 0.483. The van der Waals surface area contributed by atoms with Gasteiger partial charge in [-0.2, -0.15) is 0 Å². The lowest BCUT2D eigenvalue weighted by Gasteiger charge is -2.59. The highest BCUT2D eigenvalue weighted by molar-refractivity contribution is 5.97. The van der Waals surface area contributed by atoms with E-state index in [4.69, 9.17) is 0 Å². The largest absolute Gasteiger partial charge is 0.508 e. The fourth-order valence-corrected chi connectivity index (χ4v) is 5.85. The quantitative estimate of drug-likeness (QED) is 0.800. The normalized spacial score (nSPS) is 36.0. The van der Waals surface area contributed by atoms with Gasteiger partial charge in [-0.05, 0) is 80.8 Å². The first-order chi connectivity index (χ1) is 10.9. The molecule has 4 nitrogen and oxygen atoms in total. The predicted molar refractivity (Wildman–Crippen MR) is 87.3 cm³/mol. The minimum atomic E-state index is -0.245. The van der Waals surface area contributed by atoms with Crippen LogP contribution >= 0.6 is 0 Å². The molecule has 3 N–H and O–H groups in total. The van der Waals surface area contributed by atoms with Crippen molar-refractivity contribution in [1.29, 1.82) is 0 Å². The van der Waals surface area contributed by atoms with Crippen LogP contribution in [0.1, 0.15) is 55.8 Å². The van der Waals surface area contributed by atoms with Crippen LogP contribution in [-0.4, -0.2) is 22.2 Å². The summed E-state index contributed by atoms with van der Waals surface area (Å²) in [6, 6.07) is 4.25. The summed E-state index contributed by atoms with van der Waals surface area (Å²) in [6.07, 6.45) is 7.88. The lowest BCUT2D eigenvalue weighted by Crippen LogP contribution is -2.55. The van der Waals surface area contributed by atoms with E-state index in [1.807, 2.05) is 0 Å². The van der Waals surface area contributed by atoms with E-state index in [9.17, 15) is 15.0 Å². The lowest BCUT2D eigenvalue weighted by atomic mass is 9.48. The van der Waals surface area contributed by atoms with Gasteiger partial charge in [-0.1, -0.05) is 0 Å². The molecule has 1 atom stereocenters. The van der Waals surface area contributed by atoms with Crippen molar-refractivity contribution in [3.8, 4) is 11.5 Å². The maximum absolute atomic E-state index is 12.5. The first-order valence-corrected chi connectivity index (χ1v) is 8.78. The van der Waals surface area contributed by atoms with Crippen LogP contribution in [0.15, 0.2) is 18.2 Å². The molecule has 0 aliphatic heterocycles. The standard InChI is InChI=1S/C19H25NO3/c1-11(20-18(23)16-3-2-15(21)7-17(16)22)19-8-12-4-13(9-19)6-14(5-12)10-19/h2-3,7,11-14,21-22H,4-6,8-10H2,1H3,(H,20,23)/t11-,12?,13?,14?,19?/m0/s1. The smallest absolute Gasteiger partial charge is 0.255 e. The number of amides is 1. The van der Waals surface area contributed by atoms with Crippen molar-refractivity contribution in [3.05, 3.63) is 23.8 Å². The first-order valence-electron chi connectivity index (χ1n) is 8.78. The highest BCUT2D eigenvalue weighted by Crippen LogP contribution is 2.61. The van der Waals surface area contributed by atoms with Gasteiger partial charge in [0.05, 0.1) is 5.56 Å². The number of hydrogen-bond acceptors (Lipinski definition) is 3. The number of phenolic OH excluding ortho intramolecular Hbond substituents is 2. The molecule has 0 saturated heterocycles. The predicted octanol–water partition coefficient (Wildman–Crippen LogP) is 3.43. The molecule has 4 saturated carbocycles. The van der Waals surface area contributed by atoms with Crippen LogP contribution in [0.3, 0.4) is 0 Å². The summed E-state index contributed by atoms with van der Waals surface area (Å²) in [5, 5.41) is 22.4. The fourth-order valence-electron chi connectivity index (χ4n) is 5.85. The van der Waals surface area contributed by atoms with Crippen LogP contribution < -0.4 is 5.32 Å². The molecule has 1 aromatic rings. The summed E-state index contributed by atoms with van der Waals surface area (Å²) in [6.45, 7) is 2.13. The number of nitrogens with one attached hydrogen (secondary N) is 1. The maximum Gasteiger partial charge on any atom is 0.255 e. The third kappa shape index (κ3) is 2.48. The van der Waals surface area contributed by atoms with Crippen molar-refractivity contribution in [2.75, 3.05) is 0 Å². The zero-order chi connectivity index (χ0) is 16.2. The van der Waals surface area contributed by atoms with Gasteiger partial charge in [0.1, 0.15) is 11.5 Å². The van der Waals surface area contributed by atoms with Crippen LogP contribution in [-0.2, 0) is 0 Å². The Morgan fingerprint density at radius 2 is 1.70 bits per heavy atom. The Bertz CT molecular complexity index is 604. The van der Waals surface area contributed by atoms with Gasteiger partial charge in [0.25, 0.3) is 5.91 Å². The summed E-state index contributed by atoms with van der Waals surface area (Å²) >= 11 is 0. The van der Waals surface area contributed by atoms with Crippen LogP contribution in [0.5, 0.6) is 11.5 Å². The van der Waals surface area contributed by atoms with Crippen LogP contribution in [0.2, 0.25) is 0 Å². The van der Waals surface area contributed by atoms with E-state index in [1.165, 1.54) is 56.7 Å². The van der Waals surface area contributed by atoms with Gasteiger partial charge in [-0.15, -0.1) is 0 Å². The van der Waals surface area contributed by atoms with Crippen LogP contribution in [0, 0.1) is 23.2 Å². The van der Waals surface area contributed by atoms with Gasteiger partial charge in [-0.3, -0.25) is 4.79 Å². The molecular weight excluding hydrogens is 290 g/mol. The summed E-state index contributed by atoms with van der Waals surface area (Å²) in [7, 11) is 0. The number of rotatable bonds is 3. The molecule has 0 radical (unpaired) electrons. The number of aromatic hydroxyl groups is 2. The van der Waals surface area contributed by atoms with Crippen molar-refractivity contribution >= 4 is 5.91 Å². The molecule has 124 valence electrons. The molecule has 0 spiro atoms. The van der Waals surface area contributed by atoms with Crippen molar-refractivity contribution in [2.45, 2.75) is 51.5 Å². The van der Waals surface area contributed by atoms with E-state index < -0.39 is 0 Å². The van der Waals surface area contributed by atoms with E-state index in [2.05, 4.69) is 12.2 Å². The summed E-state index contributed by atoms with van der Waals surface area (Å²) in [5.74, 6) is 2.10. The number of carbonyl (C=O) groups excluding carboxylic acids is 1. The van der Waals surface area contributed by atoms with Gasteiger partial charge in [0.15, 0.2) is 0 Å². The van der Waals surface area contributed by atoms with E-state index in [0.717, 1.165) is 17.8 Å². The van der Waals surface area contributed by atoms with E-state index in [-0.39, 0.29) is 34.4 Å². The second-order valence-electron chi connectivity index (χ2n) is 8.18. The number of phenols is 2. The molecule has 5 rings (SSSR count). The Morgan fingerprint density at radius 1 is 1.13 bits per heavy atom. The molecular formula is C19H25NO3. The first kappa shape index (κ1) is 14.9. The molecule has 0 heterocycles. The van der Waals surface area contributed by atoms with Crippen molar-refractivity contribution < 1.29 is 15.0 Å². The minimum Gasteiger partial charge on any atom is -0.508 e. The fraction of sp³-hybridized carbons (Fsp3) is 0.632. The highest BCUT2D eigenvalue weighted by Gasteiger charge is 2.53. The zero-order valence-electron chi connectivity index (χ0n) is 13.6. The van der Waals surface area contributed by atoms with E-state index in [1.54, 1.807) is 0 Å². The molecule has 4 aliphatic carbocycles. The molecule has 1 aromatic carbocycles. The second-order valence-corrected chi connectivity index (χ2v) is 8.18. The van der Waals surface area contributed by atoms with Gasteiger partial charge >= 0.3 is 0 Å². The van der Waals surface area contributed by atoms with Gasteiger partial charge in [0.2, 0.25) is 0 Å². The van der Waals surface area contributed by atoms with Gasteiger partial charge in [0, 0.05) is 12.1 Å². The van der Waals surface area contributed by atoms with Crippen molar-refractivity contribution in [1.82, 2.24) is 5.32 Å². The topological polar surface area (TPSA) is 69.6 Å². The molecule has 4 fully saturated rings. The van der Waals surface area contributed by atoms with E-state index >= 15 is 0 Å². The molecule has 23 heavy (non-hydrogen) atoms. The van der Waals surface area contributed by atoms with Crippen molar-refractivity contribution in [2.24, 2.45) is 23.2 Å². The Labute approximate surface area is 136 Å². The third-order valence-corrected chi connectivity index (χ3v) is 6.58. The highest BCUT2D eigenvalue weighted by atomic mass is 16.3. The van der Waals surface area contributed by atoms with Crippen LogP contribution in [0.4, 0.5) is 0 Å². The monoisotopic (exact) mass is 315 g/mol. The van der Waals surface area contributed by atoms with Crippen molar-refractivity contribution in [3.63, 3.8) is 0 Å². The number of hydrogen-bond donors (Lipinski definition) is 3. The minimum absolute atomic E-state index is 0.0341. The third-order valence-electron chi connectivity index (χ3n) is 6.58. The van der Waals surface area contributed by atoms with Gasteiger partial charge < -0.3 is 15.5 Å². The second kappa shape index (κ2) is 5.15. The molecule has 4 aliphatic rings. The number of carbonyl (C=O) groups is 1. The van der Waals surface area contributed by atoms with Gasteiger partial charge in [-0.25, -0.2) is 0 Å². The van der Waals surface area contributed by atoms with Crippen LogP contribution in [0.25, 0.3) is 0 Å². The molecule has 0 aromatic heterocycles. The maximum atomic E-state index is 12.5. The summed E-state index contributed by atoms with van der Waals surface area (Å²) < 4.78 is 0. The Balaban J connectivity index is 1.51. The van der Waals surface area contributed by atoms with E-state index in [0.29, 0.717) is 0 Å². The zero-order valence-corrected chi connectivity index (χ0v) is 13.6. The molecule has 4 heteroatoms. The average Bonchev–Trinajstić information content (AvgIpc) is 2.45. The lowest BCUT2D eigenvalue weighted by molar-refractivity contribution is -0.0688. The Kier molecular flexibility index (Phi) is 3.33. The molecule has 1 amide bonds. The summed E-state index contributed by atoms with van der Waals surface area (Å²) in [4.78, 5) is 12.5. The molecule has 4 bridgehead atoms. The molecule has 0 unspecified atom stereocenters. The Morgan fingerprint density at radius 3 is 2.22 bits per heavy atom. The Hall–Kier alpha value is -1.71. The average molecular weight is 315 g/mol.